The lowest BCUT2D eigenvalue weighted by atomic mass is 10.1. The molecule has 100 valence electrons. The third kappa shape index (κ3) is 3.16. The van der Waals surface area contributed by atoms with Gasteiger partial charge >= 0.3 is 0 Å². The van der Waals surface area contributed by atoms with Crippen molar-refractivity contribution in [2.24, 2.45) is 0 Å². The number of nitrogens with zero attached hydrogens (tertiary/aromatic N) is 1. The molecule has 0 saturated carbocycles. The minimum Gasteiger partial charge on any atom is -0.380 e. The van der Waals surface area contributed by atoms with Crippen molar-refractivity contribution in [2.45, 2.75) is 18.9 Å². The Morgan fingerprint density at radius 2 is 2.00 bits per heavy atom. The van der Waals surface area contributed by atoms with Gasteiger partial charge in [-0.05, 0) is 25.0 Å². The summed E-state index contributed by atoms with van der Waals surface area (Å²) in [6.07, 6.45) is 1.67. The zero-order valence-electron chi connectivity index (χ0n) is 10.9. The fourth-order valence-electron chi connectivity index (χ4n) is 2.34. The van der Waals surface area contributed by atoms with Crippen molar-refractivity contribution in [3.63, 3.8) is 0 Å². The molecule has 1 heterocycles. The number of nitrogens with one attached hydrogen (secondary N) is 1. The summed E-state index contributed by atoms with van der Waals surface area (Å²) in [5.74, 6) is 0.579. The molecule has 18 heavy (non-hydrogen) atoms. The Morgan fingerprint density at radius 3 is 2.67 bits per heavy atom. The number of benzene rings is 1. The summed E-state index contributed by atoms with van der Waals surface area (Å²) in [5.41, 5.74) is 2.09. The predicted molar refractivity (Wildman–Crippen MR) is 76.1 cm³/mol. The maximum Gasteiger partial charge on any atom is 0.152 e. The second-order valence-electron chi connectivity index (χ2n) is 5.01. The van der Waals surface area contributed by atoms with Gasteiger partial charge in [-0.25, -0.2) is 8.42 Å². The summed E-state index contributed by atoms with van der Waals surface area (Å²) < 4.78 is 23.2. The summed E-state index contributed by atoms with van der Waals surface area (Å²) in [5, 5.41) is 3.37. The summed E-state index contributed by atoms with van der Waals surface area (Å²) >= 11 is 0. The third-order valence-electron chi connectivity index (χ3n) is 3.21. The number of rotatable bonds is 3. The minimum atomic E-state index is -2.86. The lowest BCUT2D eigenvalue weighted by Crippen LogP contribution is -2.35. The van der Waals surface area contributed by atoms with Gasteiger partial charge in [-0.15, -0.1) is 0 Å². The maximum absolute atomic E-state index is 11.6. The highest BCUT2D eigenvalue weighted by atomic mass is 32.2. The van der Waals surface area contributed by atoms with Crippen molar-refractivity contribution in [3.05, 3.63) is 24.3 Å². The van der Waals surface area contributed by atoms with Crippen LogP contribution < -0.4 is 10.2 Å². The molecule has 0 radical (unpaired) electrons. The number of hydrogen-bond acceptors (Lipinski definition) is 4. The van der Waals surface area contributed by atoms with E-state index in [-0.39, 0.29) is 11.8 Å². The van der Waals surface area contributed by atoms with Crippen molar-refractivity contribution in [3.8, 4) is 0 Å². The molecule has 4 nitrogen and oxygen atoms in total. The largest absolute Gasteiger partial charge is 0.380 e. The van der Waals surface area contributed by atoms with E-state index >= 15 is 0 Å². The molecule has 1 aromatic carbocycles. The van der Waals surface area contributed by atoms with E-state index in [0.717, 1.165) is 24.2 Å². The second kappa shape index (κ2) is 5.18. The molecule has 1 fully saturated rings. The molecule has 1 atom stereocenters. The topological polar surface area (TPSA) is 49.4 Å². The quantitative estimate of drug-likeness (QED) is 0.907. The van der Waals surface area contributed by atoms with Crippen LogP contribution in [0.3, 0.4) is 0 Å². The van der Waals surface area contributed by atoms with Gasteiger partial charge in [0.25, 0.3) is 0 Å². The monoisotopic (exact) mass is 268 g/mol. The average molecular weight is 268 g/mol. The van der Waals surface area contributed by atoms with Gasteiger partial charge in [0.1, 0.15) is 0 Å². The van der Waals surface area contributed by atoms with E-state index in [0.29, 0.717) is 5.75 Å². The van der Waals surface area contributed by atoms with E-state index in [1.165, 1.54) is 0 Å². The number of sulfone groups is 1. The zero-order chi connectivity index (χ0) is 13.2. The van der Waals surface area contributed by atoms with Crippen LogP contribution in [0.2, 0.25) is 0 Å². The highest BCUT2D eigenvalue weighted by Gasteiger charge is 2.25. The normalized spacial score (nSPS) is 22.4. The first-order valence-electron chi connectivity index (χ1n) is 6.21. The molecule has 1 aromatic rings. The van der Waals surface area contributed by atoms with Gasteiger partial charge in [0.2, 0.25) is 0 Å². The smallest absolute Gasteiger partial charge is 0.152 e. The highest BCUT2D eigenvalue weighted by Crippen LogP contribution is 2.26. The van der Waals surface area contributed by atoms with Gasteiger partial charge in [-0.1, -0.05) is 12.1 Å². The lowest BCUT2D eigenvalue weighted by Gasteiger charge is -2.26. The highest BCUT2D eigenvalue weighted by molar-refractivity contribution is 7.91. The van der Waals surface area contributed by atoms with E-state index in [9.17, 15) is 8.42 Å². The molecule has 1 aliphatic rings. The van der Waals surface area contributed by atoms with E-state index < -0.39 is 9.84 Å². The van der Waals surface area contributed by atoms with Crippen LogP contribution in [-0.4, -0.2) is 40.1 Å². The van der Waals surface area contributed by atoms with Gasteiger partial charge in [-0.2, -0.15) is 0 Å². The Kier molecular flexibility index (Phi) is 3.80. The summed E-state index contributed by atoms with van der Waals surface area (Å²) in [7, 11) is 1.11. The van der Waals surface area contributed by atoms with E-state index in [2.05, 4.69) is 5.32 Å². The number of anilines is 2. The van der Waals surface area contributed by atoms with Crippen LogP contribution in [-0.2, 0) is 9.84 Å². The fourth-order valence-corrected chi connectivity index (χ4v) is 3.98. The zero-order valence-corrected chi connectivity index (χ0v) is 11.7. The Morgan fingerprint density at radius 1 is 1.28 bits per heavy atom. The molecule has 1 unspecified atom stereocenters. The first kappa shape index (κ1) is 13.2. The van der Waals surface area contributed by atoms with Gasteiger partial charge in [0.05, 0.1) is 22.9 Å². The fraction of sp³-hybridized carbons (Fsp3) is 0.538. The van der Waals surface area contributed by atoms with Crippen molar-refractivity contribution in [1.82, 2.24) is 0 Å². The second-order valence-corrected chi connectivity index (χ2v) is 7.24. The average Bonchev–Trinajstić information content (AvgIpc) is 2.28. The van der Waals surface area contributed by atoms with Crippen LogP contribution in [0.25, 0.3) is 0 Å². The van der Waals surface area contributed by atoms with E-state index in [4.69, 9.17) is 0 Å². The van der Waals surface area contributed by atoms with Crippen LogP contribution in [0, 0.1) is 0 Å². The molecule has 1 aliphatic heterocycles. The number of para-hydroxylation sites is 2. The van der Waals surface area contributed by atoms with E-state index in [1.807, 2.05) is 43.3 Å². The third-order valence-corrected chi connectivity index (χ3v) is 5.03. The van der Waals surface area contributed by atoms with Gasteiger partial charge in [0, 0.05) is 20.1 Å². The summed E-state index contributed by atoms with van der Waals surface area (Å²) in [6, 6.07) is 8.01. The van der Waals surface area contributed by atoms with Crippen LogP contribution in [0.1, 0.15) is 12.8 Å². The van der Waals surface area contributed by atoms with Crippen molar-refractivity contribution >= 4 is 21.2 Å². The molecule has 0 aliphatic carbocycles. The van der Waals surface area contributed by atoms with Crippen LogP contribution >= 0.6 is 0 Å². The minimum absolute atomic E-state index is 0.0323. The molecule has 1 saturated heterocycles. The molecule has 0 amide bonds. The molecular formula is C13H20N2O2S. The standard InChI is InChI=1S/C13H20N2O2S/c1-15(2)13-8-4-3-7-12(13)14-11-6-5-9-18(16,17)10-11/h3-4,7-8,11,14H,5-6,9-10H2,1-2H3. The van der Waals surface area contributed by atoms with Crippen molar-refractivity contribution in [1.29, 1.82) is 0 Å². The van der Waals surface area contributed by atoms with Crippen LogP contribution in [0.4, 0.5) is 11.4 Å². The van der Waals surface area contributed by atoms with Crippen molar-refractivity contribution in [2.75, 3.05) is 35.8 Å². The van der Waals surface area contributed by atoms with Crippen LogP contribution in [0.5, 0.6) is 0 Å². The van der Waals surface area contributed by atoms with E-state index in [1.54, 1.807) is 0 Å². The Hall–Kier alpha value is -1.23. The summed E-state index contributed by atoms with van der Waals surface area (Å²) in [4.78, 5) is 2.03. The molecule has 0 aromatic heterocycles. The maximum atomic E-state index is 11.6. The Labute approximate surface area is 109 Å². The predicted octanol–water partition coefficient (Wildman–Crippen LogP) is 1.74. The SMILES string of the molecule is CN(C)c1ccccc1NC1CCCS(=O)(=O)C1. The first-order valence-corrected chi connectivity index (χ1v) is 8.03. The number of hydrogen-bond donors (Lipinski definition) is 1. The Balaban J connectivity index is 2.14. The van der Waals surface area contributed by atoms with Crippen molar-refractivity contribution < 1.29 is 8.42 Å². The molecular weight excluding hydrogens is 248 g/mol. The Bertz CT molecular complexity index is 511. The van der Waals surface area contributed by atoms with Crippen LogP contribution in [0.15, 0.2) is 24.3 Å². The van der Waals surface area contributed by atoms with Gasteiger partial charge in [-0.3, -0.25) is 0 Å². The van der Waals surface area contributed by atoms with Gasteiger partial charge in [0.15, 0.2) is 9.84 Å². The molecule has 5 heteroatoms. The molecule has 0 bridgehead atoms. The molecule has 0 spiro atoms. The van der Waals surface area contributed by atoms with Gasteiger partial charge < -0.3 is 10.2 Å². The lowest BCUT2D eigenvalue weighted by molar-refractivity contribution is 0.562. The summed E-state index contributed by atoms with van der Waals surface area (Å²) in [6.45, 7) is 0. The molecule has 2 rings (SSSR count). The molecule has 1 N–H and O–H groups in total. The first-order chi connectivity index (χ1) is 8.48.